The summed E-state index contributed by atoms with van der Waals surface area (Å²) in [5.74, 6) is -0.436. The van der Waals surface area contributed by atoms with Gasteiger partial charge in [0.1, 0.15) is 5.69 Å². The van der Waals surface area contributed by atoms with Crippen LogP contribution < -0.4 is 0 Å². The van der Waals surface area contributed by atoms with Crippen LogP contribution in [0.15, 0.2) is 77.7 Å². The summed E-state index contributed by atoms with van der Waals surface area (Å²) in [7, 11) is -0.310. The molecule has 0 bridgehead atoms. The highest BCUT2D eigenvalue weighted by molar-refractivity contribution is 7.89. The topological polar surface area (TPSA) is 92.1 Å². The van der Waals surface area contributed by atoms with Crippen molar-refractivity contribution in [3.05, 3.63) is 89.6 Å². The number of nitrogens with zero attached hydrogens (tertiary/aromatic N) is 3. The Kier molecular flexibility index (Phi) is 8.57. The summed E-state index contributed by atoms with van der Waals surface area (Å²) in [6.07, 6.45) is -0.527. The third kappa shape index (κ3) is 5.38. The second-order valence-electron chi connectivity index (χ2n) is 11.3. The average Bonchev–Trinajstić information content (AvgIpc) is 3.28. The van der Waals surface area contributed by atoms with Gasteiger partial charge in [-0.25, -0.2) is 8.42 Å². The first-order valence-electron chi connectivity index (χ1n) is 14.3. The van der Waals surface area contributed by atoms with Crippen LogP contribution in [0.1, 0.15) is 35.5 Å². The van der Waals surface area contributed by atoms with Gasteiger partial charge in [-0.3, -0.25) is 4.79 Å². The summed E-state index contributed by atoms with van der Waals surface area (Å²) in [5.41, 5.74) is 4.80. The number of para-hydroxylation sites is 1. The molecule has 0 aliphatic carbocycles. The van der Waals surface area contributed by atoms with Gasteiger partial charge in [0.2, 0.25) is 10.0 Å². The Morgan fingerprint density at radius 1 is 1.05 bits per heavy atom. The second kappa shape index (κ2) is 12.0. The van der Waals surface area contributed by atoms with Gasteiger partial charge in [-0.2, -0.15) is 4.31 Å². The number of carbonyl (C=O) groups excluding carboxylic acids is 1. The number of fused-ring (bicyclic) bond motifs is 5. The van der Waals surface area contributed by atoms with E-state index in [1.54, 1.807) is 37.1 Å². The molecule has 4 aromatic rings. The normalized spacial score (nSPS) is 18.9. The monoisotopic (exact) mass is 589 g/mol. The van der Waals surface area contributed by atoms with Crippen molar-refractivity contribution in [2.75, 3.05) is 26.7 Å². The minimum Gasteiger partial charge on any atom is -0.394 e. The average molecular weight is 590 g/mol. The predicted octanol–water partition coefficient (Wildman–Crippen LogP) is 4.83. The Hall–Kier alpha value is -3.50. The third-order valence-electron chi connectivity index (χ3n) is 8.44. The summed E-state index contributed by atoms with van der Waals surface area (Å²) in [4.78, 5) is 16.4. The molecule has 3 atom stereocenters. The molecule has 0 saturated carbocycles. The Morgan fingerprint density at radius 2 is 1.71 bits per heavy atom. The smallest absolute Gasteiger partial charge is 0.271 e. The summed E-state index contributed by atoms with van der Waals surface area (Å²) >= 11 is 0. The molecule has 3 aromatic carbocycles. The maximum Gasteiger partial charge on any atom is 0.271 e. The minimum atomic E-state index is -3.78. The molecular formula is C33H39N3O5S. The van der Waals surface area contributed by atoms with Gasteiger partial charge >= 0.3 is 0 Å². The van der Waals surface area contributed by atoms with Crippen molar-refractivity contribution in [3.8, 4) is 11.1 Å². The summed E-state index contributed by atoms with van der Waals surface area (Å²) < 4.78 is 37.0. The zero-order valence-corrected chi connectivity index (χ0v) is 25.6. The number of ether oxygens (including phenoxy) is 1. The van der Waals surface area contributed by atoms with E-state index in [9.17, 15) is 18.3 Å². The van der Waals surface area contributed by atoms with Crippen LogP contribution in [0.4, 0.5) is 0 Å². The van der Waals surface area contributed by atoms with Crippen LogP contribution in [-0.2, 0) is 28.4 Å². The number of rotatable bonds is 6. The van der Waals surface area contributed by atoms with Crippen LogP contribution in [0.3, 0.4) is 0 Å². The van der Waals surface area contributed by atoms with E-state index in [0.717, 1.165) is 27.6 Å². The lowest BCUT2D eigenvalue weighted by Gasteiger charge is -2.35. The highest BCUT2D eigenvalue weighted by Crippen LogP contribution is 2.38. The number of carbonyl (C=O) groups is 1. The molecule has 42 heavy (non-hydrogen) atoms. The van der Waals surface area contributed by atoms with Gasteiger partial charge < -0.3 is 19.3 Å². The molecule has 222 valence electrons. The van der Waals surface area contributed by atoms with Gasteiger partial charge in [0.15, 0.2) is 0 Å². The fraction of sp³-hybridized carbons (Fsp3) is 0.364. The Labute approximate surface area is 248 Å². The molecule has 0 saturated heterocycles. The van der Waals surface area contributed by atoms with Crippen LogP contribution in [0.2, 0.25) is 0 Å². The van der Waals surface area contributed by atoms with Crippen molar-refractivity contribution in [2.24, 2.45) is 13.0 Å². The minimum absolute atomic E-state index is 0.103. The number of hydrogen-bond acceptors (Lipinski definition) is 5. The largest absolute Gasteiger partial charge is 0.394 e. The van der Waals surface area contributed by atoms with Gasteiger partial charge in [0.05, 0.1) is 30.3 Å². The number of aromatic nitrogens is 1. The third-order valence-corrected chi connectivity index (χ3v) is 10.4. The zero-order valence-electron chi connectivity index (χ0n) is 24.8. The lowest BCUT2D eigenvalue weighted by atomic mass is 9.96. The Balaban J connectivity index is 1.61. The summed E-state index contributed by atoms with van der Waals surface area (Å²) in [5, 5.41) is 11.2. The highest BCUT2D eigenvalue weighted by Gasteiger charge is 2.35. The molecule has 1 amide bonds. The quantitative estimate of drug-likeness (QED) is 0.348. The number of likely N-dealkylation sites (N-methyl/N-ethyl adjacent to an activating group) is 1. The van der Waals surface area contributed by atoms with E-state index in [1.165, 1.54) is 4.31 Å². The van der Waals surface area contributed by atoms with Crippen molar-refractivity contribution >= 4 is 26.8 Å². The molecule has 8 nitrogen and oxygen atoms in total. The molecule has 1 aliphatic rings. The fourth-order valence-corrected chi connectivity index (χ4v) is 7.30. The first-order chi connectivity index (χ1) is 20.1. The molecule has 0 radical (unpaired) electrons. The lowest BCUT2D eigenvalue weighted by Crippen LogP contribution is -2.48. The molecule has 0 spiro atoms. The molecule has 0 unspecified atom stereocenters. The fourth-order valence-electron chi connectivity index (χ4n) is 5.89. The molecular weight excluding hydrogens is 550 g/mol. The predicted molar refractivity (Wildman–Crippen MR) is 165 cm³/mol. The molecule has 0 fully saturated rings. The van der Waals surface area contributed by atoms with Crippen LogP contribution in [-0.4, -0.2) is 72.1 Å². The number of aryl methyl sites for hydroxylation is 2. The van der Waals surface area contributed by atoms with E-state index in [-0.39, 0.29) is 43.0 Å². The van der Waals surface area contributed by atoms with E-state index < -0.39 is 22.2 Å². The van der Waals surface area contributed by atoms with E-state index >= 15 is 0 Å². The maximum atomic E-state index is 14.5. The molecule has 1 aliphatic heterocycles. The van der Waals surface area contributed by atoms with Crippen molar-refractivity contribution in [1.29, 1.82) is 0 Å². The Morgan fingerprint density at radius 3 is 2.45 bits per heavy atom. The van der Waals surface area contributed by atoms with E-state index in [4.69, 9.17) is 4.74 Å². The highest BCUT2D eigenvalue weighted by atomic mass is 32.2. The molecule has 1 aromatic heterocycles. The lowest BCUT2D eigenvalue weighted by molar-refractivity contribution is -0.0147. The number of benzene rings is 3. The number of aliphatic hydroxyl groups excluding tert-OH is 1. The van der Waals surface area contributed by atoms with Gasteiger partial charge in [-0.15, -0.1) is 0 Å². The van der Waals surface area contributed by atoms with Crippen LogP contribution in [0, 0.1) is 12.8 Å². The van der Waals surface area contributed by atoms with Gasteiger partial charge in [-0.05, 0) is 42.7 Å². The summed E-state index contributed by atoms with van der Waals surface area (Å²) in [6.45, 7) is 6.00. The van der Waals surface area contributed by atoms with E-state index in [1.807, 2.05) is 80.1 Å². The van der Waals surface area contributed by atoms with Crippen molar-refractivity contribution in [1.82, 2.24) is 13.8 Å². The number of amides is 1. The summed E-state index contributed by atoms with van der Waals surface area (Å²) in [6, 6.07) is 22.3. The second-order valence-corrected chi connectivity index (χ2v) is 13.3. The Bertz CT molecular complexity index is 1710. The number of hydrogen-bond donors (Lipinski definition) is 1. The van der Waals surface area contributed by atoms with Crippen LogP contribution >= 0.6 is 0 Å². The molecule has 5 rings (SSSR count). The van der Waals surface area contributed by atoms with Gasteiger partial charge in [0.25, 0.3) is 5.91 Å². The SMILES string of the molecule is Cc1ccccc1S(=O)(=O)N(C)C[C@@H]1OCc2ccccc2-c2c(n(C)c3ccccc23)C(=O)N([C@@H](C)CO)C[C@@H]1C. The van der Waals surface area contributed by atoms with Crippen LogP contribution in [0.5, 0.6) is 0 Å². The van der Waals surface area contributed by atoms with Crippen molar-refractivity contribution in [2.45, 2.75) is 44.4 Å². The van der Waals surface area contributed by atoms with Crippen molar-refractivity contribution in [3.63, 3.8) is 0 Å². The first-order valence-corrected chi connectivity index (χ1v) is 15.7. The van der Waals surface area contributed by atoms with Gasteiger partial charge in [0, 0.05) is 49.6 Å². The van der Waals surface area contributed by atoms with Crippen molar-refractivity contribution < 1.29 is 23.1 Å². The number of sulfonamides is 1. The van der Waals surface area contributed by atoms with E-state index in [2.05, 4.69) is 0 Å². The zero-order chi connectivity index (χ0) is 30.2. The number of aliphatic hydroxyl groups is 1. The van der Waals surface area contributed by atoms with Gasteiger partial charge in [-0.1, -0.05) is 67.6 Å². The molecule has 1 N–H and O–H groups in total. The maximum absolute atomic E-state index is 14.5. The molecule has 2 heterocycles. The standard InChI is InChI=1S/C33H39N3O5S/c1-22-12-6-11-17-30(22)42(39,40)34(4)19-29-23(2)18-36(24(3)20-37)33(38)32-31(26-14-8-7-13-25(26)21-41-29)27-15-9-10-16-28(27)35(32)5/h6-17,23-24,29,37H,18-21H2,1-5H3/t23-,24-,29-/m0/s1. The van der Waals surface area contributed by atoms with E-state index in [0.29, 0.717) is 11.3 Å². The molecule has 9 heteroatoms. The van der Waals surface area contributed by atoms with Crippen LogP contribution in [0.25, 0.3) is 22.0 Å². The first kappa shape index (κ1) is 30.0.